The second-order valence-electron chi connectivity index (χ2n) is 8.19. The number of benzene rings is 2. The third-order valence-corrected chi connectivity index (χ3v) is 5.68. The molecule has 2 heterocycles. The molecule has 0 radical (unpaired) electrons. The molecule has 0 aliphatic carbocycles. The van der Waals surface area contributed by atoms with Crippen LogP contribution in [0, 0.1) is 5.82 Å². The summed E-state index contributed by atoms with van der Waals surface area (Å²) in [4.78, 5) is 38.6. The number of nitrogens with zero attached hydrogens (tertiary/aromatic N) is 1. The van der Waals surface area contributed by atoms with Gasteiger partial charge in [-0.05, 0) is 48.2 Å². The van der Waals surface area contributed by atoms with Crippen LogP contribution in [0.3, 0.4) is 0 Å². The smallest absolute Gasteiger partial charge is 0.411 e. The average Bonchev–Trinajstić information content (AvgIpc) is 3.41. The van der Waals surface area contributed by atoms with Gasteiger partial charge in [0.1, 0.15) is 5.82 Å². The minimum Gasteiger partial charge on any atom is -0.438 e. The first-order valence-corrected chi connectivity index (χ1v) is 10.9. The molecule has 3 atom stereocenters. The van der Waals surface area contributed by atoms with Crippen LogP contribution < -0.4 is 10.6 Å². The van der Waals surface area contributed by atoms with Crippen LogP contribution in [0.2, 0.25) is 0 Å². The number of hydrogen-bond acceptors (Lipinski definition) is 5. The SMILES string of the molecule is CC(=O)Nc1ccc([C@@H]2OC(=O)N(Cc3cccc(F)c3)[C@H]2C(=O)NC[C@@H]2CCCO2)cc1. The lowest BCUT2D eigenvalue weighted by molar-refractivity contribution is -0.126. The molecule has 33 heavy (non-hydrogen) atoms. The van der Waals surface area contributed by atoms with Crippen molar-refractivity contribution in [1.82, 2.24) is 10.2 Å². The molecule has 2 N–H and O–H groups in total. The van der Waals surface area contributed by atoms with Gasteiger partial charge in [-0.3, -0.25) is 14.5 Å². The fourth-order valence-corrected chi connectivity index (χ4v) is 4.13. The van der Waals surface area contributed by atoms with Crippen LogP contribution in [0.4, 0.5) is 14.9 Å². The van der Waals surface area contributed by atoms with Gasteiger partial charge < -0.3 is 20.1 Å². The first kappa shape index (κ1) is 22.7. The van der Waals surface area contributed by atoms with E-state index in [2.05, 4.69) is 10.6 Å². The highest BCUT2D eigenvalue weighted by Gasteiger charge is 2.47. The van der Waals surface area contributed by atoms with E-state index in [4.69, 9.17) is 9.47 Å². The summed E-state index contributed by atoms with van der Waals surface area (Å²) in [6.07, 6.45) is 0.232. The van der Waals surface area contributed by atoms with Crippen LogP contribution in [0.1, 0.15) is 37.0 Å². The monoisotopic (exact) mass is 455 g/mol. The first-order chi connectivity index (χ1) is 15.9. The molecule has 2 saturated heterocycles. The van der Waals surface area contributed by atoms with Gasteiger partial charge in [-0.2, -0.15) is 0 Å². The molecule has 9 heteroatoms. The number of nitrogens with one attached hydrogen (secondary N) is 2. The van der Waals surface area contributed by atoms with E-state index in [1.807, 2.05) is 0 Å². The highest BCUT2D eigenvalue weighted by Crippen LogP contribution is 2.34. The van der Waals surface area contributed by atoms with E-state index >= 15 is 0 Å². The molecule has 0 aromatic heterocycles. The van der Waals surface area contributed by atoms with Crippen molar-refractivity contribution < 1.29 is 28.2 Å². The summed E-state index contributed by atoms with van der Waals surface area (Å²) in [6.45, 7) is 2.44. The second-order valence-corrected chi connectivity index (χ2v) is 8.19. The molecule has 8 nitrogen and oxygen atoms in total. The summed E-state index contributed by atoms with van der Waals surface area (Å²) in [5.74, 6) is -1.00. The van der Waals surface area contributed by atoms with Gasteiger partial charge in [0.2, 0.25) is 11.8 Å². The number of carbonyl (C=O) groups is 3. The molecule has 0 spiro atoms. The van der Waals surface area contributed by atoms with Crippen molar-refractivity contribution in [3.63, 3.8) is 0 Å². The van der Waals surface area contributed by atoms with Crippen molar-refractivity contribution in [1.29, 1.82) is 0 Å². The summed E-state index contributed by atoms with van der Waals surface area (Å²) in [5, 5.41) is 5.56. The van der Waals surface area contributed by atoms with Crippen LogP contribution in [-0.4, -0.2) is 48.1 Å². The number of amides is 3. The fraction of sp³-hybridized carbons (Fsp3) is 0.375. The van der Waals surface area contributed by atoms with Crippen LogP contribution >= 0.6 is 0 Å². The molecule has 174 valence electrons. The predicted octanol–water partition coefficient (Wildman–Crippen LogP) is 3.14. The molecule has 0 bridgehead atoms. The zero-order valence-electron chi connectivity index (χ0n) is 18.3. The number of rotatable bonds is 7. The van der Waals surface area contributed by atoms with E-state index in [1.54, 1.807) is 36.4 Å². The molecule has 2 aliphatic rings. The predicted molar refractivity (Wildman–Crippen MR) is 118 cm³/mol. The molecule has 4 rings (SSSR count). The molecule has 2 fully saturated rings. The lowest BCUT2D eigenvalue weighted by Crippen LogP contribution is -2.47. The fourth-order valence-electron chi connectivity index (χ4n) is 4.13. The van der Waals surface area contributed by atoms with E-state index in [1.165, 1.54) is 24.0 Å². The normalized spacial score (nSPS) is 22.2. The quantitative estimate of drug-likeness (QED) is 0.669. The van der Waals surface area contributed by atoms with Gasteiger partial charge in [0.15, 0.2) is 12.1 Å². The third-order valence-electron chi connectivity index (χ3n) is 5.68. The van der Waals surface area contributed by atoms with Crippen LogP contribution in [0.5, 0.6) is 0 Å². The van der Waals surface area contributed by atoms with E-state index in [-0.39, 0.29) is 24.5 Å². The molecule has 2 aromatic carbocycles. The number of halogens is 1. The maximum Gasteiger partial charge on any atom is 0.411 e. The van der Waals surface area contributed by atoms with Gasteiger partial charge in [-0.15, -0.1) is 0 Å². The van der Waals surface area contributed by atoms with Gasteiger partial charge in [-0.25, -0.2) is 9.18 Å². The Hall–Kier alpha value is -3.46. The molecule has 0 saturated carbocycles. The Balaban J connectivity index is 1.57. The number of carbonyl (C=O) groups excluding carboxylic acids is 3. The molecular formula is C24H26FN3O5. The van der Waals surface area contributed by atoms with Gasteiger partial charge in [0.05, 0.1) is 12.6 Å². The molecule has 2 aliphatic heterocycles. The minimum atomic E-state index is -0.950. The van der Waals surface area contributed by atoms with E-state index < -0.39 is 24.1 Å². The zero-order valence-corrected chi connectivity index (χ0v) is 18.3. The van der Waals surface area contributed by atoms with E-state index in [0.717, 1.165) is 12.8 Å². The Morgan fingerprint density at radius 2 is 1.97 bits per heavy atom. The number of ether oxygens (including phenoxy) is 2. The summed E-state index contributed by atoms with van der Waals surface area (Å²) in [7, 11) is 0. The largest absolute Gasteiger partial charge is 0.438 e. The van der Waals surface area contributed by atoms with E-state index in [9.17, 15) is 18.8 Å². The van der Waals surface area contributed by atoms with Gasteiger partial charge in [0.25, 0.3) is 0 Å². The topological polar surface area (TPSA) is 97.0 Å². The van der Waals surface area contributed by atoms with Crippen molar-refractivity contribution in [2.75, 3.05) is 18.5 Å². The van der Waals surface area contributed by atoms with Crippen LogP contribution in [0.15, 0.2) is 48.5 Å². The molecule has 3 amide bonds. The maximum atomic E-state index is 13.7. The highest BCUT2D eigenvalue weighted by atomic mass is 19.1. The summed E-state index contributed by atoms with van der Waals surface area (Å²) in [5.41, 5.74) is 1.74. The number of anilines is 1. The molecule has 0 unspecified atom stereocenters. The Morgan fingerprint density at radius 3 is 2.64 bits per heavy atom. The van der Waals surface area contributed by atoms with Crippen molar-refractivity contribution in [2.24, 2.45) is 0 Å². The van der Waals surface area contributed by atoms with Crippen molar-refractivity contribution >= 4 is 23.6 Å². The lowest BCUT2D eigenvalue weighted by Gasteiger charge is -2.25. The summed E-state index contributed by atoms with van der Waals surface area (Å²) < 4.78 is 24.9. The number of hydrogen-bond donors (Lipinski definition) is 2. The van der Waals surface area contributed by atoms with Crippen LogP contribution in [0.25, 0.3) is 0 Å². The summed E-state index contributed by atoms with van der Waals surface area (Å²) >= 11 is 0. The standard InChI is InChI=1S/C24H26FN3O5/c1-15(29)27-19-9-7-17(8-10-19)22-21(23(30)26-13-20-6-3-11-32-20)28(24(31)33-22)14-16-4-2-5-18(25)12-16/h2,4-5,7-10,12,20-22H,3,6,11,13-14H2,1H3,(H,26,30)(H,27,29)/t20-,21+,22-/m0/s1. The Labute approximate surface area is 191 Å². The Morgan fingerprint density at radius 1 is 1.18 bits per heavy atom. The van der Waals surface area contributed by atoms with Crippen LogP contribution in [-0.2, 0) is 25.6 Å². The maximum absolute atomic E-state index is 13.7. The van der Waals surface area contributed by atoms with Gasteiger partial charge >= 0.3 is 6.09 Å². The molecule has 2 aromatic rings. The van der Waals surface area contributed by atoms with Gasteiger partial charge in [0, 0.05) is 25.8 Å². The molecular weight excluding hydrogens is 429 g/mol. The third kappa shape index (κ3) is 5.48. The summed E-state index contributed by atoms with van der Waals surface area (Å²) in [6, 6.07) is 11.7. The lowest BCUT2D eigenvalue weighted by atomic mass is 10.00. The second kappa shape index (κ2) is 9.99. The highest BCUT2D eigenvalue weighted by molar-refractivity contribution is 5.90. The number of cyclic esters (lactones) is 1. The first-order valence-electron chi connectivity index (χ1n) is 10.9. The Bertz CT molecular complexity index is 1020. The Kier molecular flexibility index (Phi) is 6.88. The average molecular weight is 455 g/mol. The zero-order chi connectivity index (χ0) is 23.4. The minimum absolute atomic E-state index is 0.0229. The van der Waals surface area contributed by atoms with Crippen molar-refractivity contribution in [3.05, 3.63) is 65.5 Å². The van der Waals surface area contributed by atoms with Gasteiger partial charge in [-0.1, -0.05) is 24.3 Å². The van der Waals surface area contributed by atoms with Crippen molar-refractivity contribution in [2.45, 2.75) is 44.6 Å². The van der Waals surface area contributed by atoms with E-state index in [0.29, 0.717) is 30.0 Å². The van der Waals surface area contributed by atoms with Crippen molar-refractivity contribution in [3.8, 4) is 0 Å².